The molecule has 0 atom stereocenters. The first-order valence-electron chi connectivity index (χ1n) is 10.6. The van der Waals surface area contributed by atoms with E-state index in [1.54, 1.807) is 18.5 Å². The molecule has 1 aromatic heterocycles. The molecule has 0 radical (unpaired) electrons. The molecule has 2 aromatic rings. The van der Waals surface area contributed by atoms with E-state index in [4.69, 9.17) is 9.47 Å². The van der Waals surface area contributed by atoms with Crippen molar-refractivity contribution in [2.75, 3.05) is 26.4 Å². The van der Waals surface area contributed by atoms with Crippen LogP contribution in [0.2, 0.25) is 0 Å². The lowest BCUT2D eigenvalue weighted by atomic mass is 9.97. The van der Waals surface area contributed by atoms with E-state index in [-0.39, 0.29) is 42.6 Å². The van der Waals surface area contributed by atoms with Crippen molar-refractivity contribution in [1.82, 2.24) is 19.2 Å². The predicted octanol–water partition coefficient (Wildman–Crippen LogP) is 1.49. The zero-order chi connectivity index (χ0) is 22.9. The van der Waals surface area contributed by atoms with Crippen LogP contribution in [-0.2, 0) is 39.6 Å². The number of piperidine rings is 1. The minimum Gasteiger partial charge on any atom is -0.467 e. The molecule has 2 aliphatic rings. The average Bonchev–Trinajstić information content (AvgIpc) is 3.12. The van der Waals surface area contributed by atoms with Gasteiger partial charge in [0.05, 0.1) is 6.61 Å². The highest BCUT2D eigenvalue weighted by Gasteiger charge is 2.33. The highest BCUT2D eigenvalue weighted by molar-refractivity contribution is 7.89. The van der Waals surface area contributed by atoms with E-state index in [0.717, 1.165) is 0 Å². The summed E-state index contributed by atoms with van der Waals surface area (Å²) in [6.07, 6.45) is 2.81. The van der Waals surface area contributed by atoms with E-state index in [1.807, 2.05) is 0 Å². The average molecular weight is 467 g/mol. The van der Waals surface area contributed by atoms with E-state index >= 15 is 0 Å². The summed E-state index contributed by atoms with van der Waals surface area (Å²) in [7, 11) is -1.92. The Balaban J connectivity index is 1.30. The van der Waals surface area contributed by atoms with Crippen LogP contribution in [0.5, 0.6) is 5.75 Å². The first-order valence-corrected chi connectivity index (χ1v) is 12.0. The molecule has 0 bridgehead atoms. The fourth-order valence-corrected chi connectivity index (χ4v) is 5.54. The number of nitrogens with zero attached hydrogens (tertiary/aromatic N) is 3. The monoisotopic (exact) mass is 466 g/mol. The van der Waals surface area contributed by atoms with Crippen LogP contribution in [0.3, 0.4) is 0 Å². The third kappa shape index (κ3) is 4.64. The molecule has 4 rings (SSSR count). The van der Waals surface area contributed by atoms with Crippen LogP contribution in [-0.4, -0.2) is 54.6 Å². The summed E-state index contributed by atoms with van der Waals surface area (Å²) in [6.45, 7) is 3.03. The van der Waals surface area contributed by atoms with Gasteiger partial charge in [-0.1, -0.05) is 0 Å². The number of hydrogen-bond acceptors (Lipinski definition) is 6. The molecule has 32 heavy (non-hydrogen) atoms. The molecule has 0 aliphatic carbocycles. The van der Waals surface area contributed by atoms with Crippen LogP contribution >= 0.6 is 0 Å². The summed E-state index contributed by atoms with van der Waals surface area (Å²) in [4.78, 5) is 16.7. The molecule has 3 heterocycles. The van der Waals surface area contributed by atoms with Crippen molar-refractivity contribution >= 4 is 15.9 Å². The Labute approximate surface area is 186 Å². The number of carbonyl (C=O) groups excluding carboxylic acids is 1. The van der Waals surface area contributed by atoms with Crippen LogP contribution in [0.1, 0.15) is 29.8 Å². The second kappa shape index (κ2) is 9.16. The third-order valence-corrected chi connectivity index (χ3v) is 7.73. The summed E-state index contributed by atoms with van der Waals surface area (Å²) in [5.41, 5.74) is 1.35. The summed E-state index contributed by atoms with van der Waals surface area (Å²) in [6, 6.07) is 2.81. The third-order valence-electron chi connectivity index (χ3n) is 5.96. The van der Waals surface area contributed by atoms with Gasteiger partial charge < -0.3 is 19.4 Å². The van der Waals surface area contributed by atoms with Crippen molar-refractivity contribution in [3.05, 3.63) is 41.1 Å². The minimum absolute atomic E-state index is 0.0337. The molecule has 0 unspecified atom stereocenters. The number of amides is 1. The lowest BCUT2D eigenvalue weighted by molar-refractivity contribution is -0.126. The number of aryl methyl sites for hydroxylation is 2. The Kier molecular flexibility index (Phi) is 6.50. The van der Waals surface area contributed by atoms with E-state index in [2.05, 4.69) is 10.3 Å². The van der Waals surface area contributed by atoms with E-state index in [0.29, 0.717) is 55.1 Å². The minimum atomic E-state index is -3.67. The van der Waals surface area contributed by atoms with E-state index in [1.165, 1.54) is 22.6 Å². The van der Waals surface area contributed by atoms with Crippen LogP contribution in [0.25, 0.3) is 0 Å². The maximum atomic E-state index is 13.9. The van der Waals surface area contributed by atoms with Gasteiger partial charge in [0.2, 0.25) is 5.91 Å². The maximum Gasteiger partial charge on any atom is 0.262 e. The standard InChI is InChI=1S/C21H27FN4O5S/c1-14-24-19(11-25(14)2)32(28,29)26-7-4-15(5-8-26)21(27)23-6-3-16-9-18(22)10-17-12-30-13-31-20(16)17/h9-11,15H,3-8,12-13H2,1-2H3,(H,23,27). The normalized spacial score (nSPS) is 17.6. The molecule has 9 nitrogen and oxygen atoms in total. The van der Waals surface area contributed by atoms with Gasteiger partial charge in [0.25, 0.3) is 10.0 Å². The molecule has 1 aromatic carbocycles. The molecule has 0 spiro atoms. The van der Waals surface area contributed by atoms with Crippen LogP contribution < -0.4 is 10.1 Å². The van der Waals surface area contributed by atoms with Crippen LogP contribution in [0.4, 0.5) is 4.39 Å². The smallest absolute Gasteiger partial charge is 0.262 e. The fraction of sp³-hybridized carbons (Fsp3) is 0.524. The first-order chi connectivity index (χ1) is 15.3. The van der Waals surface area contributed by atoms with Crippen molar-refractivity contribution in [2.24, 2.45) is 13.0 Å². The topological polar surface area (TPSA) is 103 Å². The molecular weight excluding hydrogens is 439 g/mol. The number of nitrogens with one attached hydrogen (secondary N) is 1. The number of rotatable bonds is 6. The molecule has 1 amide bonds. The number of sulfonamides is 1. The highest BCUT2D eigenvalue weighted by atomic mass is 32.2. The highest BCUT2D eigenvalue weighted by Crippen LogP contribution is 2.30. The van der Waals surface area contributed by atoms with Gasteiger partial charge in [0, 0.05) is 44.4 Å². The molecular formula is C21H27FN4O5S. The Morgan fingerprint density at radius 2 is 2.06 bits per heavy atom. The van der Waals surface area contributed by atoms with Crippen molar-refractivity contribution in [2.45, 2.75) is 37.8 Å². The van der Waals surface area contributed by atoms with Gasteiger partial charge in [-0.25, -0.2) is 17.8 Å². The lowest BCUT2D eigenvalue weighted by Crippen LogP contribution is -2.43. The summed E-state index contributed by atoms with van der Waals surface area (Å²) < 4.78 is 53.2. The number of imidazole rings is 1. The molecule has 11 heteroatoms. The van der Waals surface area contributed by atoms with Crippen molar-refractivity contribution in [3.63, 3.8) is 0 Å². The largest absolute Gasteiger partial charge is 0.467 e. The lowest BCUT2D eigenvalue weighted by Gasteiger charge is -2.30. The Morgan fingerprint density at radius 3 is 2.75 bits per heavy atom. The summed E-state index contributed by atoms with van der Waals surface area (Å²) in [5, 5.41) is 2.93. The predicted molar refractivity (Wildman–Crippen MR) is 113 cm³/mol. The van der Waals surface area contributed by atoms with Crippen molar-refractivity contribution < 1.29 is 27.1 Å². The van der Waals surface area contributed by atoms with Gasteiger partial charge >= 0.3 is 0 Å². The van der Waals surface area contributed by atoms with Gasteiger partial charge in [-0.2, -0.15) is 4.31 Å². The quantitative estimate of drug-likeness (QED) is 0.692. The van der Waals surface area contributed by atoms with E-state index < -0.39 is 10.0 Å². The summed E-state index contributed by atoms with van der Waals surface area (Å²) >= 11 is 0. The molecule has 1 saturated heterocycles. The SMILES string of the molecule is Cc1nc(S(=O)(=O)N2CCC(C(=O)NCCc3cc(F)cc4c3OCOC4)CC2)cn1C. The summed E-state index contributed by atoms with van der Waals surface area (Å²) in [5.74, 6) is 0.490. The first kappa shape index (κ1) is 22.7. The van der Waals surface area contributed by atoms with Gasteiger partial charge in [-0.3, -0.25) is 4.79 Å². The number of hydrogen-bond donors (Lipinski definition) is 1. The van der Waals surface area contributed by atoms with Gasteiger partial charge in [0.1, 0.15) is 17.4 Å². The Hall–Kier alpha value is -2.50. The van der Waals surface area contributed by atoms with Gasteiger partial charge in [-0.15, -0.1) is 0 Å². The number of ether oxygens (including phenoxy) is 2. The van der Waals surface area contributed by atoms with E-state index in [9.17, 15) is 17.6 Å². The maximum absolute atomic E-state index is 13.9. The van der Waals surface area contributed by atoms with Gasteiger partial charge in [-0.05, 0) is 43.9 Å². The van der Waals surface area contributed by atoms with Crippen LogP contribution in [0, 0.1) is 18.7 Å². The van der Waals surface area contributed by atoms with Crippen molar-refractivity contribution in [1.29, 1.82) is 0 Å². The molecule has 174 valence electrons. The zero-order valence-corrected chi connectivity index (χ0v) is 19.0. The molecule has 1 fully saturated rings. The number of aromatic nitrogens is 2. The second-order valence-corrected chi connectivity index (χ2v) is 10.0. The Bertz CT molecular complexity index is 1090. The number of halogens is 1. The zero-order valence-electron chi connectivity index (χ0n) is 18.1. The van der Waals surface area contributed by atoms with Crippen LogP contribution in [0.15, 0.2) is 23.4 Å². The number of benzene rings is 1. The second-order valence-electron chi connectivity index (χ2n) is 8.12. The van der Waals surface area contributed by atoms with Gasteiger partial charge in [0.15, 0.2) is 11.8 Å². The fourth-order valence-electron chi connectivity index (χ4n) is 4.05. The molecule has 2 aliphatic heterocycles. The Morgan fingerprint density at radius 1 is 1.31 bits per heavy atom. The number of carbonyl (C=O) groups is 1. The molecule has 0 saturated carbocycles. The van der Waals surface area contributed by atoms with Crippen molar-refractivity contribution in [3.8, 4) is 5.75 Å². The number of fused-ring (bicyclic) bond motifs is 1. The molecule has 1 N–H and O–H groups in total.